The van der Waals surface area contributed by atoms with Crippen LogP contribution in [0.1, 0.15) is 32.8 Å². The van der Waals surface area contributed by atoms with Crippen molar-refractivity contribution in [2.24, 2.45) is 0 Å². The molecule has 1 aliphatic rings. The van der Waals surface area contributed by atoms with Gasteiger partial charge in [0.25, 0.3) is 11.8 Å². The van der Waals surface area contributed by atoms with Crippen LogP contribution in [-0.4, -0.2) is 41.1 Å². The molecule has 1 N–H and O–H groups in total. The van der Waals surface area contributed by atoms with Crippen LogP contribution in [0.15, 0.2) is 30.4 Å². The Morgan fingerprint density at radius 3 is 2.68 bits per heavy atom. The Morgan fingerprint density at radius 2 is 2.07 bits per heavy atom. The van der Waals surface area contributed by atoms with Gasteiger partial charge in [0, 0.05) is 6.54 Å². The van der Waals surface area contributed by atoms with Crippen molar-refractivity contribution in [3.63, 3.8) is 0 Å². The van der Waals surface area contributed by atoms with E-state index in [4.69, 9.17) is 33.3 Å². The molecule has 0 aliphatic carbocycles. The SMILES string of the molecule is C=CCN1C(=O)/C(=C\c2cc(Cl)c(OC(C)CC)c(OCC)c2)C(=O)NC1=S. The Hall–Kier alpha value is -2.38. The minimum atomic E-state index is -0.565. The van der Waals surface area contributed by atoms with E-state index >= 15 is 0 Å². The Morgan fingerprint density at radius 1 is 1.36 bits per heavy atom. The van der Waals surface area contributed by atoms with Crippen molar-refractivity contribution >= 4 is 46.8 Å². The molecule has 28 heavy (non-hydrogen) atoms. The third kappa shape index (κ3) is 4.91. The van der Waals surface area contributed by atoms with Crippen LogP contribution in [-0.2, 0) is 9.59 Å². The quantitative estimate of drug-likeness (QED) is 0.299. The van der Waals surface area contributed by atoms with E-state index in [1.807, 2.05) is 20.8 Å². The smallest absolute Gasteiger partial charge is 0.265 e. The lowest BCUT2D eigenvalue weighted by atomic mass is 10.1. The molecule has 2 rings (SSSR count). The summed E-state index contributed by atoms with van der Waals surface area (Å²) < 4.78 is 11.5. The lowest BCUT2D eigenvalue weighted by Gasteiger charge is -2.27. The summed E-state index contributed by atoms with van der Waals surface area (Å²) in [5.74, 6) is -0.176. The highest BCUT2D eigenvalue weighted by molar-refractivity contribution is 7.80. The summed E-state index contributed by atoms with van der Waals surface area (Å²) in [6, 6.07) is 3.31. The average molecular weight is 423 g/mol. The van der Waals surface area contributed by atoms with Crippen molar-refractivity contribution in [2.45, 2.75) is 33.3 Å². The number of rotatable bonds is 8. The van der Waals surface area contributed by atoms with Gasteiger partial charge in [0.1, 0.15) is 5.57 Å². The van der Waals surface area contributed by atoms with Crippen molar-refractivity contribution in [3.05, 3.63) is 40.9 Å². The molecule has 0 saturated carbocycles. The van der Waals surface area contributed by atoms with E-state index in [1.54, 1.807) is 12.1 Å². The molecular weight excluding hydrogens is 400 g/mol. The molecule has 1 atom stereocenters. The molecule has 1 fully saturated rings. The van der Waals surface area contributed by atoms with Gasteiger partial charge in [0.15, 0.2) is 16.6 Å². The van der Waals surface area contributed by atoms with Crippen LogP contribution < -0.4 is 14.8 Å². The molecule has 1 unspecified atom stereocenters. The van der Waals surface area contributed by atoms with E-state index < -0.39 is 11.8 Å². The van der Waals surface area contributed by atoms with Gasteiger partial charge in [-0.05, 0) is 56.3 Å². The monoisotopic (exact) mass is 422 g/mol. The predicted molar refractivity (Wildman–Crippen MR) is 114 cm³/mol. The minimum absolute atomic E-state index is 0.0416. The second-order valence-electron chi connectivity index (χ2n) is 6.12. The van der Waals surface area contributed by atoms with E-state index in [9.17, 15) is 9.59 Å². The normalized spacial score (nSPS) is 16.8. The second kappa shape index (κ2) is 9.71. The molecule has 6 nitrogen and oxygen atoms in total. The van der Waals surface area contributed by atoms with Crippen molar-refractivity contribution in [1.82, 2.24) is 10.2 Å². The summed E-state index contributed by atoms with van der Waals surface area (Å²) in [7, 11) is 0. The lowest BCUT2D eigenvalue weighted by molar-refractivity contribution is -0.128. The number of ether oxygens (including phenoxy) is 2. The van der Waals surface area contributed by atoms with Gasteiger partial charge >= 0.3 is 0 Å². The highest BCUT2D eigenvalue weighted by atomic mass is 35.5. The minimum Gasteiger partial charge on any atom is -0.490 e. The zero-order chi connectivity index (χ0) is 20.8. The van der Waals surface area contributed by atoms with Crippen molar-refractivity contribution in [3.8, 4) is 11.5 Å². The maximum atomic E-state index is 12.7. The number of benzene rings is 1. The first-order chi connectivity index (χ1) is 13.3. The van der Waals surface area contributed by atoms with E-state index in [0.717, 1.165) is 6.42 Å². The summed E-state index contributed by atoms with van der Waals surface area (Å²) in [6.45, 7) is 9.99. The van der Waals surface area contributed by atoms with Crippen LogP contribution in [0.5, 0.6) is 11.5 Å². The molecule has 1 aliphatic heterocycles. The van der Waals surface area contributed by atoms with Gasteiger partial charge < -0.3 is 9.47 Å². The number of amides is 2. The molecule has 0 aromatic heterocycles. The van der Waals surface area contributed by atoms with E-state index in [2.05, 4.69) is 11.9 Å². The van der Waals surface area contributed by atoms with Crippen molar-refractivity contribution < 1.29 is 19.1 Å². The molecule has 1 saturated heterocycles. The molecule has 1 aromatic carbocycles. The van der Waals surface area contributed by atoms with Crippen LogP contribution in [0.2, 0.25) is 5.02 Å². The maximum Gasteiger partial charge on any atom is 0.265 e. The lowest BCUT2D eigenvalue weighted by Crippen LogP contribution is -2.53. The van der Waals surface area contributed by atoms with E-state index in [0.29, 0.717) is 28.7 Å². The van der Waals surface area contributed by atoms with Crippen LogP contribution >= 0.6 is 23.8 Å². The van der Waals surface area contributed by atoms with Gasteiger partial charge in [0.05, 0.1) is 17.7 Å². The van der Waals surface area contributed by atoms with Crippen molar-refractivity contribution in [2.75, 3.05) is 13.2 Å². The standard InChI is InChI=1S/C20H23ClN2O4S/c1-5-8-23-19(25)14(18(24)22-20(23)28)9-13-10-15(21)17(27-12(4)6-2)16(11-13)26-7-3/h5,9-12H,1,6-8H2,2-4H3,(H,22,24,28)/b14-9-. The first kappa shape index (κ1) is 21.9. The fourth-order valence-corrected chi connectivity index (χ4v) is 3.00. The topological polar surface area (TPSA) is 67.9 Å². The Labute approximate surface area is 175 Å². The zero-order valence-corrected chi connectivity index (χ0v) is 17.7. The average Bonchev–Trinajstić information content (AvgIpc) is 2.65. The number of hydrogen-bond acceptors (Lipinski definition) is 5. The largest absolute Gasteiger partial charge is 0.490 e. The molecule has 1 heterocycles. The van der Waals surface area contributed by atoms with Gasteiger partial charge in [-0.1, -0.05) is 24.6 Å². The van der Waals surface area contributed by atoms with Gasteiger partial charge in [0.2, 0.25) is 0 Å². The number of nitrogens with zero attached hydrogens (tertiary/aromatic N) is 1. The number of carbonyl (C=O) groups is 2. The van der Waals surface area contributed by atoms with Gasteiger partial charge in [-0.15, -0.1) is 6.58 Å². The molecule has 0 bridgehead atoms. The van der Waals surface area contributed by atoms with Crippen LogP contribution in [0.25, 0.3) is 6.08 Å². The first-order valence-corrected chi connectivity index (χ1v) is 9.73. The fourth-order valence-electron chi connectivity index (χ4n) is 2.49. The predicted octanol–water partition coefficient (Wildman–Crippen LogP) is 3.73. The Balaban J connectivity index is 2.46. The number of nitrogens with one attached hydrogen (secondary N) is 1. The third-order valence-corrected chi connectivity index (χ3v) is 4.64. The van der Waals surface area contributed by atoms with E-state index in [-0.39, 0.29) is 23.3 Å². The number of carbonyl (C=O) groups excluding carboxylic acids is 2. The molecule has 0 spiro atoms. The Kier molecular flexibility index (Phi) is 7.60. The summed E-state index contributed by atoms with van der Waals surface area (Å²) in [5, 5.41) is 2.89. The molecular formula is C20H23ClN2O4S. The first-order valence-electron chi connectivity index (χ1n) is 8.95. The Bertz CT molecular complexity index is 838. The molecule has 1 aromatic rings. The van der Waals surface area contributed by atoms with E-state index in [1.165, 1.54) is 17.1 Å². The van der Waals surface area contributed by atoms with Crippen molar-refractivity contribution in [1.29, 1.82) is 0 Å². The molecule has 0 radical (unpaired) electrons. The highest BCUT2D eigenvalue weighted by Gasteiger charge is 2.32. The summed E-state index contributed by atoms with van der Waals surface area (Å²) in [6.07, 6.45) is 3.75. The van der Waals surface area contributed by atoms with Gasteiger partial charge in [-0.25, -0.2) is 0 Å². The number of thiocarbonyl (C=S) groups is 1. The molecule has 150 valence electrons. The number of halogens is 1. The van der Waals surface area contributed by atoms with Crippen LogP contribution in [0.4, 0.5) is 0 Å². The maximum absolute atomic E-state index is 12.7. The van der Waals surface area contributed by atoms with Gasteiger partial charge in [-0.3, -0.25) is 19.8 Å². The second-order valence-corrected chi connectivity index (χ2v) is 6.92. The number of hydrogen-bond donors (Lipinski definition) is 1. The summed E-state index contributed by atoms with van der Waals surface area (Å²) in [4.78, 5) is 26.2. The highest BCUT2D eigenvalue weighted by Crippen LogP contribution is 2.38. The fraction of sp³-hybridized carbons (Fsp3) is 0.350. The van der Waals surface area contributed by atoms with Crippen LogP contribution in [0.3, 0.4) is 0 Å². The molecule has 8 heteroatoms. The third-order valence-electron chi connectivity index (χ3n) is 4.03. The zero-order valence-electron chi connectivity index (χ0n) is 16.1. The summed E-state index contributed by atoms with van der Waals surface area (Å²) >= 11 is 11.4. The molecule has 2 amide bonds. The van der Waals surface area contributed by atoms with Crippen LogP contribution in [0, 0.1) is 0 Å². The summed E-state index contributed by atoms with van der Waals surface area (Å²) in [5.41, 5.74) is 0.486. The van der Waals surface area contributed by atoms with Gasteiger partial charge in [-0.2, -0.15) is 0 Å².